The molecule has 1 aromatic heterocycles. The number of hydrogen-bond acceptors (Lipinski definition) is 8. The summed E-state index contributed by atoms with van der Waals surface area (Å²) >= 11 is 0. The van der Waals surface area contributed by atoms with E-state index in [1.807, 2.05) is 6.92 Å². The minimum Gasteiger partial charge on any atom is -0.463 e. The largest absolute Gasteiger partial charge is 0.463 e. The van der Waals surface area contributed by atoms with Gasteiger partial charge in [0.25, 0.3) is 0 Å². The predicted octanol–water partition coefficient (Wildman–Crippen LogP) is 0.310. The molecule has 2 rings (SSSR count). The van der Waals surface area contributed by atoms with E-state index < -0.39 is 0 Å². The van der Waals surface area contributed by atoms with Crippen LogP contribution in [0, 0.1) is 5.92 Å². The molecule has 1 aliphatic rings. The molecule has 1 unspecified atom stereocenters. The Hall–Kier alpha value is -1.67. The van der Waals surface area contributed by atoms with Gasteiger partial charge >= 0.3 is 6.01 Å². The lowest BCUT2D eigenvalue weighted by Crippen LogP contribution is -2.21. The molecule has 0 aliphatic carbocycles. The first-order chi connectivity index (χ1) is 9.71. The summed E-state index contributed by atoms with van der Waals surface area (Å²) in [5.41, 5.74) is 2.43. The van der Waals surface area contributed by atoms with Crippen LogP contribution in [0.5, 0.6) is 6.01 Å². The van der Waals surface area contributed by atoms with Gasteiger partial charge in [-0.15, -0.1) is 0 Å². The molecule has 0 amide bonds. The predicted molar refractivity (Wildman–Crippen MR) is 77.5 cm³/mol. The highest BCUT2D eigenvalue weighted by atomic mass is 16.5. The molecule has 1 fully saturated rings. The van der Waals surface area contributed by atoms with Crippen molar-refractivity contribution in [1.29, 1.82) is 0 Å². The van der Waals surface area contributed by atoms with Crippen LogP contribution in [-0.2, 0) is 0 Å². The zero-order chi connectivity index (χ0) is 14.4. The van der Waals surface area contributed by atoms with Gasteiger partial charge in [-0.3, -0.25) is 5.43 Å². The second-order valence-corrected chi connectivity index (χ2v) is 5.06. The van der Waals surface area contributed by atoms with E-state index in [9.17, 15) is 0 Å². The average molecular weight is 281 g/mol. The van der Waals surface area contributed by atoms with Crippen LogP contribution < -0.4 is 21.3 Å². The monoisotopic (exact) mass is 281 g/mol. The van der Waals surface area contributed by atoms with E-state index in [2.05, 4.69) is 37.6 Å². The number of nitrogens with one attached hydrogen (secondary N) is 2. The summed E-state index contributed by atoms with van der Waals surface area (Å²) in [6, 6.07) is 0.292. The van der Waals surface area contributed by atoms with Crippen molar-refractivity contribution in [3.63, 3.8) is 0 Å². The van der Waals surface area contributed by atoms with Crippen LogP contribution in [0.2, 0.25) is 0 Å². The molecule has 1 atom stereocenters. The Bertz CT molecular complexity index is 428. The third-order valence-electron chi connectivity index (χ3n) is 3.22. The van der Waals surface area contributed by atoms with E-state index in [4.69, 9.17) is 10.6 Å². The number of anilines is 2. The van der Waals surface area contributed by atoms with Crippen molar-refractivity contribution >= 4 is 11.9 Å². The van der Waals surface area contributed by atoms with Gasteiger partial charge in [-0.2, -0.15) is 15.0 Å². The Morgan fingerprint density at radius 1 is 1.35 bits per heavy atom. The van der Waals surface area contributed by atoms with Gasteiger partial charge in [0, 0.05) is 13.1 Å². The van der Waals surface area contributed by atoms with Crippen molar-refractivity contribution in [2.24, 2.45) is 11.8 Å². The van der Waals surface area contributed by atoms with Gasteiger partial charge in [0.1, 0.15) is 0 Å². The Labute approximate surface area is 119 Å². The number of nitrogens with zero attached hydrogens (tertiary/aromatic N) is 4. The van der Waals surface area contributed by atoms with Gasteiger partial charge in [0.15, 0.2) is 0 Å². The van der Waals surface area contributed by atoms with Crippen LogP contribution in [-0.4, -0.2) is 53.1 Å². The van der Waals surface area contributed by atoms with Gasteiger partial charge in [-0.25, -0.2) is 5.84 Å². The van der Waals surface area contributed by atoms with E-state index in [-0.39, 0.29) is 0 Å². The molecule has 1 aliphatic heterocycles. The fourth-order valence-electron chi connectivity index (χ4n) is 2.19. The number of aromatic nitrogens is 3. The number of hydrogen-bond donors (Lipinski definition) is 3. The van der Waals surface area contributed by atoms with Crippen molar-refractivity contribution in [3.05, 3.63) is 0 Å². The molecule has 2 heterocycles. The topological polar surface area (TPSA) is 101 Å². The maximum Gasteiger partial charge on any atom is 0.323 e. The summed E-state index contributed by atoms with van der Waals surface area (Å²) < 4.78 is 5.42. The van der Waals surface area contributed by atoms with Crippen molar-refractivity contribution in [2.75, 3.05) is 44.0 Å². The standard InChI is InChI=1S/C12H23N7O/c1-3-6-20-12-16-10(15-11(17-12)18-13)14-7-9-4-5-19(2)8-9/h9H,3-8,13H2,1-2H3,(H2,14,15,16,17,18). The average Bonchev–Trinajstić information content (AvgIpc) is 2.88. The second kappa shape index (κ2) is 7.20. The Kier molecular flexibility index (Phi) is 5.31. The number of hydrazine groups is 1. The highest BCUT2D eigenvalue weighted by molar-refractivity contribution is 5.34. The van der Waals surface area contributed by atoms with Crippen LogP contribution in [0.15, 0.2) is 0 Å². The van der Waals surface area contributed by atoms with Crippen molar-refractivity contribution in [2.45, 2.75) is 19.8 Å². The number of likely N-dealkylation sites (tertiary alicyclic amines) is 1. The van der Waals surface area contributed by atoms with Crippen LogP contribution in [0.1, 0.15) is 19.8 Å². The minimum absolute atomic E-state index is 0.292. The molecule has 112 valence electrons. The number of ether oxygens (including phenoxy) is 1. The molecular weight excluding hydrogens is 258 g/mol. The van der Waals surface area contributed by atoms with E-state index >= 15 is 0 Å². The second-order valence-electron chi connectivity index (χ2n) is 5.06. The highest BCUT2D eigenvalue weighted by Crippen LogP contribution is 2.16. The lowest BCUT2D eigenvalue weighted by molar-refractivity contribution is 0.292. The highest BCUT2D eigenvalue weighted by Gasteiger charge is 2.19. The number of rotatable bonds is 7. The first-order valence-corrected chi connectivity index (χ1v) is 6.99. The van der Waals surface area contributed by atoms with Crippen molar-refractivity contribution < 1.29 is 4.74 Å². The molecule has 1 aromatic rings. The Balaban J connectivity index is 1.95. The molecule has 20 heavy (non-hydrogen) atoms. The van der Waals surface area contributed by atoms with E-state index in [0.29, 0.717) is 30.4 Å². The maximum absolute atomic E-state index is 5.42. The summed E-state index contributed by atoms with van der Waals surface area (Å²) in [5.74, 6) is 6.77. The number of nitrogens with two attached hydrogens (primary N) is 1. The van der Waals surface area contributed by atoms with E-state index in [1.165, 1.54) is 6.42 Å². The summed E-state index contributed by atoms with van der Waals surface area (Å²) in [6.45, 7) is 5.68. The van der Waals surface area contributed by atoms with Crippen LogP contribution in [0.25, 0.3) is 0 Å². The van der Waals surface area contributed by atoms with Crippen LogP contribution in [0.3, 0.4) is 0 Å². The fraction of sp³-hybridized carbons (Fsp3) is 0.750. The van der Waals surface area contributed by atoms with Gasteiger partial charge < -0.3 is 15.0 Å². The van der Waals surface area contributed by atoms with Crippen molar-refractivity contribution in [3.8, 4) is 6.01 Å². The molecule has 0 aromatic carbocycles. The molecule has 0 spiro atoms. The lowest BCUT2D eigenvalue weighted by Gasteiger charge is -2.12. The quantitative estimate of drug-likeness (QED) is 0.485. The van der Waals surface area contributed by atoms with E-state index in [1.54, 1.807) is 0 Å². The lowest BCUT2D eigenvalue weighted by atomic mass is 10.1. The SMILES string of the molecule is CCCOc1nc(NN)nc(NCC2CCN(C)C2)n1. The molecular formula is C12H23N7O. The van der Waals surface area contributed by atoms with Gasteiger partial charge in [-0.05, 0) is 32.4 Å². The van der Waals surface area contributed by atoms with Crippen LogP contribution in [0.4, 0.5) is 11.9 Å². The molecule has 0 bridgehead atoms. The van der Waals surface area contributed by atoms with Crippen molar-refractivity contribution in [1.82, 2.24) is 19.9 Å². The molecule has 4 N–H and O–H groups in total. The summed E-state index contributed by atoms with van der Waals surface area (Å²) in [7, 11) is 2.13. The minimum atomic E-state index is 0.292. The zero-order valence-electron chi connectivity index (χ0n) is 12.1. The maximum atomic E-state index is 5.42. The first-order valence-electron chi connectivity index (χ1n) is 6.99. The van der Waals surface area contributed by atoms with Gasteiger partial charge in [0.2, 0.25) is 11.9 Å². The third-order valence-corrected chi connectivity index (χ3v) is 3.22. The Morgan fingerprint density at radius 3 is 2.80 bits per heavy atom. The first kappa shape index (κ1) is 14.7. The van der Waals surface area contributed by atoms with Gasteiger partial charge in [0.05, 0.1) is 6.61 Å². The fourth-order valence-corrected chi connectivity index (χ4v) is 2.19. The van der Waals surface area contributed by atoms with Crippen LogP contribution >= 0.6 is 0 Å². The van der Waals surface area contributed by atoms with Gasteiger partial charge in [-0.1, -0.05) is 6.92 Å². The molecule has 1 saturated heterocycles. The summed E-state index contributed by atoms with van der Waals surface area (Å²) in [6.07, 6.45) is 2.09. The normalized spacial score (nSPS) is 19.1. The molecule has 8 heteroatoms. The number of nitrogen functional groups attached to an aromatic ring is 1. The molecule has 0 radical (unpaired) electrons. The zero-order valence-corrected chi connectivity index (χ0v) is 12.1. The third kappa shape index (κ3) is 4.17. The van der Waals surface area contributed by atoms with E-state index in [0.717, 1.165) is 26.1 Å². The molecule has 0 saturated carbocycles. The summed E-state index contributed by atoms with van der Waals surface area (Å²) in [5, 5.41) is 3.23. The smallest absolute Gasteiger partial charge is 0.323 e. The molecule has 8 nitrogen and oxygen atoms in total. The summed E-state index contributed by atoms with van der Waals surface area (Å²) in [4.78, 5) is 14.8. The Morgan fingerprint density at radius 2 is 2.15 bits per heavy atom.